The molecule has 2 bridgehead atoms. The van der Waals surface area contributed by atoms with E-state index in [4.69, 9.17) is 9.47 Å². The van der Waals surface area contributed by atoms with Crippen molar-refractivity contribution in [3.63, 3.8) is 0 Å². The van der Waals surface area contributed by atoms with Crippen LogP contribution in [0.3, 0.4) is 0 Å². The Morgan fingerprint density at radius 3 is 3.00 bits per heavy atom. The van der Waals surface area contributed by atoms with Crippen LogP contribution < -0.4 is 4.90 Å². The van der Waals surface area contributed by atoms with Crippen molar-refractivity contribution in [1.29, 1.82) is 0 Å². The summed E-state index contributed by atoms with van der Waals surface area (Å²) < 4.78 is 10.9. The first-order chi connectivity index (χ1) is 10.6. The fourth-order valence-electron chi connectivity index (χ4n) is 3.92. The molecule has 0 aromatic heterocycles. The molecular weight excluding hydrogens is 282 g/mol. The number of hydrogen-bond acceptors (Lipinski definition) is 4. The van der Waals surface area contributed by atoms with Gasteiger partial charge in [-0.25, -0.2) is 0 Å². The summed E-state index contributed by atoms with van der Waals surface area (Å²) in [5.41, 5.74) is 1.24. The van der Waals surface area contributed by atoms with Crippen LogP contribution in [-0.4, -0.2) is 37.2 Å². The zero-order valence-electron chi connectivity index (χ0n) is 12.5. The molecule has 4 rings (SSSR count). The average Bonchev–Trinajstić information content (AvgIpc) is 3.15. The molecular formula is C17H17NO4. The van der Waals surface area contributed by atoms with Crippen molar-refractivity contribution < 1.29 is 19.1 Å². The second kappa shape index (κ2) is 4.43. The number of anilines is 1. The molecule has 3 heterocycles. The molecule has 3 aliphatic rings. The lowest BCUT2D eigenvalue weighted by atomic mass is 9.77. The molecule has 5 heteroatoms. The summed E-state index contributed by atoms with van der Waals surface area (Å²) in [6, 6.07) is 7.79. The van der Waals surface area contributed by atoms with Gasteiger partial charge in [0.15, 0.2) is 0 Å². The van der Waals surface area contributed by atoms with Gasteiger partial charge in [-0.3, -0.25) is 9.59 Å². The van der Waals surface area contributed by atoms with E-state index in [1.165, 1.54) is 7.11 Å². The van der Waals surface area contributed by atoms with Crippen molar-refractivity contribution >= 4 is 17.6 Å². The molecule has 4 atom stereocenters. The first kappa shape index (κ1) is 13.5. The van der Waals surface area contributed by atoms with Crippen molar-refractivity contribution in [2.45, 2.75) is 18.6 Å². The number of carbonyl (C=O) groups is 2. The van der Waals surface area contributed by atoms with Gasteiger partial charge in [0.05, 0.1) is 25.7 Å². The van der Waals surface area contributed by atoms with E-state index < -0.39 is 17.4 Å². The molecule has 0 aliphatic carbocycles. The minimum atomic E-state index is -0.690. The van der Waals surface area contributed by atoms with Gasteiger partial charge in [0.25, 0.3) is 0 Å². The summed E-state index contributed by atoms with van der Waals surface area (Å²) in [4.78, 5) is 26.7. The highest BCUT2D eigenvalue weighted by atomic mass is 16.5. The molecule has 2 fully saturated rings. The number of esters is 1. The lowest BCUT2D eigenvalue weighted by Crippen LogP contribution is -2.39. The second-order valence-corrected chi connectivity index (χ2v) is 6.19. The molecule has 0 saturated carbocycles. The van der Waals surface area contributed by atoms with E-state index in [2.05, 4.69) is 0 Å². The summed E-state index contributed by atoms with van der Waals surface area (Å²) >= 11 is 0. The summed E-state index contributed by atoms with van der Waals surface area (Å²) in [7, 11) is 1.35. The van der Waals surface area contributed by atoms with Gasteiger partial charge in [0.2, 0.25) is 5.91 Å². The largest absolute Gasteiger partial charge is 0.469 e. The van der Waals surface area contributed by atoms with E-state index in [9.17, 15) is 9.59 Å². The van der Waals surface area contributed by atoms with Gasteiger partial charge >= 0.3 is 5.97 Å². The van der Waals surface area contributed by atoms with E-state index in [1.807, 2.05) is 43.3 Å². The van der Waals surface area contributed by atoms with E-state index in [0.717, 1.165) is 11.3 Å². The molecule has 1 amide bonds. The molecule has 2 saturated heterocycles. The van der Waals surface area contributed by atoms with Crippen LogP contribution in [0.2, 0.25) is 0 Å². The lowest BCUT2D eigenvalue weighted by molar-refractivity contribution is -0.149. The Morgan fingerprint density at radius 2 is 2.27 bits per heavy atom. The van der Waals surface area contributed by atoms with Gasteiger partial charge in [-0.15, -0.1) is 0 Å². The third kappa shape index (κ3) is 1.63. The third-order valence-corrected chi connectivity index (χ3v) is 4.89. The van der Waals surface area contributed by atoms with Crippen LogP contribution in [0.1, 0.15) is 5.56 Å². The first-order valence-corrected chi connectivity index (χ1v) is 7.39. The second-order valence-electron chi connectivity index (χ2n) is 6.19. The number of fused-ring (bicyclic) bond motifs is 1. The van der Waals surface area contributed by atoms with Crippen LogP contribution in [0.25, 0.3) is 0 Å². The van der Waals surface area contributed by atoms with Gasteiger partial charge in [-0.2, -0.15) is 0 Å². The topological polar surface area (TPSA) is 55.8 Å². The van der Waals surface area contributed by atoms with E-state index in [-0.39, 0.29) is 18.0 Å². The molecule has 0 unspecified atom stereocenters. The molecule has 3 aliphatic heterocycles. The van der Waals surface area contributed by atoms with Crippen LogP contribution in [0, 0.1) is 18.8 Å². The lowest BCUT2D eigenvalue weighted by Gasteiger charge is -2.22. The molecule has 1 aromatic rings. The standard InChI is InChI=1S/C17H17NO4/c1-10-4-3-5-11(8-10)18-9-17-7-6-12(22-17)13(16(20)21-2)14(17)15(18)19/h3-8,12-14H,9H2,1-2H3/t12-,13-,14+,17-/m1/s1. The highest BCUT2D eigenvalue weighted by Crippen LogP contribution is 2.52. The number of ether oxygens (including phenoxy) is 2. The molecule has 1 spiro atoms. The van der Waals surface area contributed by atoms with Gasteiger partial charge in [-0.05, 0) is 24.6 Å². The highest BCUT2D eigenvalue weighted by Gasteiger charge is 2.67. The highest BCUT2D eigenvalue weighted by molar-refractivity contribution is 6.02. The maximum absolute atomic E-state index is 12.9. The number of methoxy groups -OCH3 is 1. The first-order valence-electron chi connectivity index (χ1n) is 7.39. The van der Waals surface area contributed by atoms with Crippen LogP contribution in [0.5, 0.6) is 0 Å². The van der Waals surface area contributed by atoms with Crippen LogP contribution >= 0.6 is 0 Å². The summed E-state index contributed by atoms with van der Waals surface area (Å²) in [5.74, 6) is -1.47. The number of benzene rings is 1. The van der Waals surface area contributed by atoms with E-state index in [0.29, 0.717) is 6.54 Å². The zero-order valence-corrected chi connectivity index (χ0v) is 12.5. The monoisotopic (exact) mass is 299 g/mol. The number of carbonyl (C=O) groups excluding carboxylic acids is 2. The predicted molar refractivity (Wildman–Crippen MR) is 79.3 cm³/mol. The number of nitrogens with zero attached hydrogens (tertiary/aromatic N) is 1. The Kier molecular flexibility index (Phi) is 2.72. The smallest absolute Gasteiger partial charge is 0.312 e. The summed E-state index contributed by atoms with van der Waals surface area (Å²) in [6.45, 7) is 2.43. The average molecular weight is 299 g/mol. The minimum Gasteiger partial charge on any atom is -0.469 e. The van der Waals surface area contributed by atoms with E-state index >= 15 is 0 Å². The number of amides is 1. The Morgan fingerprint density at radius 1 is 1.45 bits per heavy atom. The number of rotatable bonds is 2. The predicted octanol–water partition coefficient (Wildman–Crippen LogP) is 1.45. The molecule has 5 nitrogen and oxygen atoms in total. The van der Waals surface area contributed by atoms with Crippen LogP contribution in [-0.2, 0) is 19.1 Å². The molecule has 22 heavy (non-hydrogen) atoms. The fraction of sp³-hybridized carbons (Fsp3) is 0.412. The Balaban J connectivity index is 1.73. The van der Waals surface area contributed by atoms with Crippen molar-refractivity contribution in [1.82, 2.24) is 0 Å². The Labute approximate surface area is 128 Å². The SMILES string of the molecule is COC(=O)[C@H]1[C@H]2C(=O)N(c3cccc(C)c3)C[C@]23C=C[C@H]1O3. The van der Waals surface area contributed by atoms with Crippen molar-refractivity contribution in [2.24, 2.45) is 11.8 Å². The van der Waals surface area contributed by atoms with Gasteiger partial charge in [-0.1, -0.05) is 24.3 Å². The maximum Gasteiger partial charge on any atom is 0.312 e. The Hall–Kier alpha value is -2.14. The number of aryl methyl sites for hydroxylation is 1. The van der Waals surface area contributed by atoms with Gasteiger partial charge in [0.1, 0.15) is 11.5 Å². The Bertz CT molecular complexity index is 698. The zero-order chi connectivity index (χ0) is 15.5. The fourth-order valence-corrected chi connectivity index (χ4v) is 3.92. The molecule has 114 valence electrons. The maximum atomic E-state index is 12.9. The summed E-state index contributed by atoms with van der Waals surface area (Å²) in [6.07, 6.45) is 3.47. The molecule has 0 radical (unpaired) electrons. The van der Waals surface area contributed by atoms with Crippen molar-refractivity contribution in [3.05, 3.63) is 42.0 Å². The molecule has 0 N–H and O–H groups in total. The molecule has 1 aromatic carbocycles. The van der Waals surface area contributed by atoms with E-state index in [1.54, 1.807) is 4.90 Å². The summed E-state index contributed by atoms with van der Waals surface area (Å²) in [5, 5.41) is 0. The van der Waals surface area contributed by atoms with Crippen LogP contribution in [0.15, 0.2) is 36.4 Å². The van der Waals surface area contributed by atoms with Gasteiger partial charge < -0.3 is 14.4 Å². The van der Waals surface area contributed by atoms with Crippen molar-refractivity contribution in [3.8, 4) is 0 Å². The normalized spacial score (nSPS) is 35.1. The van der Waals surface area contributed by atoms with Crippen LogP contribution in [0.4, 0.5) is 5.69 Å². The quantitative estimate of drug-likeness (QED) is 0.613. The third-order valence-electron chi connectivity index (χ3n) is 4.89. The van der Waals surface area contributed by atoms with Crippen molar-refractivity contribution in [2.75, 3.05) is 18.6 Å². The van der Waals surface area contributed by atoms with Gasteiger partial charge in [0, 0.05) is 5.69 Å². The number of hydrogen-bond donors (Lipinski definition) is 0. The minimum absolute atomic E-state index is 0.0622.